The Balaban J connectivity index is 1.86. The van der Waals surface area contributed by atoms with Crippen molar-refractivity contribution in [1.82, 2.24) is 19.5 Å². The van der Waals surface area contributed by atoms with E-state index in [1.807, 2.05) is 0 Å². The average Bonchev–Trinajstić information content (AvgIpc) is 3.04. The topological polar surface area (TPSA) is 183 Å². The summed E-state index contributed by atoms with van der Waals surface area (Å²) in [6.07, 6.45) is 4.58. The van der Waals surface area contributed by atoms with Crippen LogP contribution in [0.15, 0.2) is 37.2 Å². The molecule has 1 amide bonds. The van der Waals surface area contributed by atoms with Crippen LogP contribution in [0.3, 0.4) is 0 Å². The number of anilines is 1. The first-order chi connectivity index (χ1) is 13.2. The van der Waals surface area contributed by atoms with E-state index in [0.29, 0.717) is 16.7 Å². The van der Waals surface area contributed by atoms with Crippen LogP contribution < -0.4 is 16.0 Å². The molecule has 0 spiro atoms. The molecule has 148 valence electrons. The molecule has 0 aliphatic carbocycles. The molecular weight excluding hydrogens is 389 g/mol. The zero-order valence-corrected chi connectivity index (χ0v) is 15.5. The number of aromatic nitrogens is 5. The van der Waals surface area contributed by atoms with E-state index in [1.54, 1.807) is 27.5 Å². The van der Waals surface area contributed by atoms with Crippen LogP contribution in [-0.4, -0.2) is 47.7 Å². The second kappa shape index (κ2) is 7.98. The summed E-state index contributed by atoms with van der Waals surface area (Å²) < 4.78 is 20.0. The zero-order valence-electron chi connectivity index (χ0n) is 14.6. The first kappa shape index (κ1) is 19.8. The van der Waals surface area contributed by atoms with Crippen molar-refractivity contribution in [1.29, 1.82) is 0 Å². The lowest BCUT2D eigenvalue weighted by Gasteiger charge is -2.16. The minimum Gasteiger partial charge on any atom is -0.382 e. The number of hydrogen-bond donors (Lipinski definition) is 4. The minimum absolute atomic E-state index is 0.181. The van der Waals surface area contributed by atoms with Crippen molar-refractivity contribution in [2.24, 2.45) is 5.73 Å². The summed E-state index contributed by atoms with van der Waals surface area (Å²) >= 11 is 0. The number of carbonyl (C=O) groups is 1. The summed E-state index contributed by atoms with van der Waals surface area (Å²) in [7, 11) is -4.37. The van der Waals surface area contributed by atoms with Gasteiger partial charge in [-0.05, 0) is 6.07 Å². The third-order valence-electron chi connectivity index (χ3n) is 3.87. The maximum Gasteiger partial charge on any atom is 0.351 e. The lowest BCUT2D eigenvalue weighted by Crippen LogP contribution is -2.43. The molecule has 0 fully saturated rings. The van der Waals surface area contributed by atoms with Crippen LogP contribution >= 0.6 is 7.60 Å². The Kier molecular flexibility index (Phi) is 5.66. The van der Waals surface area contributed by atoms with Gasteiger partial charge in [-0.25, -0.2) is 19.5 Å². The van der Waals surface area contributed by atoms with Gasteiger partial charge in [-0.3, -0.25) is 9.36 Å². The van der Waals surface area contributed by atoms with Gasteiger partial charge < -0.3 is 30.6 Å². The van der Waals surface area contributed by atoms with Crippen molar-refractivity contribution in [2.75, 3.05) is 12.1 Å². The molecule has 1 atom stereocenters. The summed E-state index contributed by atoms with van der Waals surface area (Å²) in [4.78, 5) is 41.8. The molecule has 3 heterocycles. The number of primary amides is 1. The van der Waals surface area contributed by atoms with E-state index in [1.165, 1.54) is 18.9 Å². The molecule has 13 heteroatoms. The van der Waals surface area contributed by atoms with Gasteiger partial charge in [0.15, 0.2) is 30.4 Å². The molecule has 6 N–H and O–H groups in total. The Morgan fingerprint density at radius 2 is 2.14 bits per heavy atom. The number of hydrogen-bond acceptors (Lipinski definition) is 7. The van der Waals surface area contributed by atoms with Gasteiger partial charge >= 0.3 is 7.60 Å². The molecule has 0 saturated heterocycles. The fourth-order valence-electron chi connectivity index (χ4n) is 2.63. The summed E-state index contributed by atoms with van der Waals surface area (Å²) in [5, 5.41) is 0. The predicted octanol–water partition coefficient (Wildman–Crippen LogP) is -0.984. The maximum atomic E-state index is 11.4. The van der Waals surface area contributed by atoms with Gasteiger partial charge in [-0.15, -0.1) is 0 Å². The Hall–Kier alpha value is -2.92. The van der Waals surface area contributed by atoms with Crippen LogP contribution in [0.1, 0.15) is 10.4 Å². The standard InChI is InChI=1S/C15H18N7O5P/c16-13-12-15(19-7-18-13)22(8-20-12)6-11(27-9-28(24,25)26)5-21-3-1-2-10(4-21)14(17)23/h1-4,7-8,11H,5-6,9H2,(H5-,16,17,18,19,23,24,25,26)/p+1/t11-/m0/s1. The highest BCUT2D eigenvalue weighted by molar-refractivity contribution is 7.51. The van der Waals surface area contributed by atoms with Gasteiger partial charge in [0.2, 0.25) is 0 Å². The second-order valence-electron chi connectivity index (χ2n) is 6.06. The molecule has 0 saturated carbocycles. The van der Waals surface area contributed by atoms with Crippen LogP contribution in [-0.2, 0) is 22.4 Å². The highest BCUT2D eigenvalue weighted by Crippen LogP contribution is 2.34. The highest BCUT2D eigenvalue weighted by Gasteiger charge is 2.23. The molecule has 3 aromatic heterocycles. The fraction of sp³-hybridized carbons (Fsp3) is 0.267. The molecule has 0 radical (unpaired) electrons. The van der Waals surface area contributed by atoms with E-state index in [0.717, 1.165) is 0 Å². The second-order valence-corrected chi connectivity index (χ2v) is 7.65. The molecule has 0 unspecified atom stereocenters. The smallest absolute Gasteiger partial charge is 0.351 e. The van der Waals surface area contributed by atoms with E-state index in [-0.39, 0.29) is 18.9 Å². The van der Waals surface area contributed by atoms with Crippen LogP contribution in [0.4, 0.5) is 5.82 Å². The van der Waals surface area contributed by atoms with E-state index >= 15 is 0 Å². The van der Waals surface area contributed by atoms with Gasteiger partial charge in [0, 0.05) is 6.07 Å². The zero-order chi connectivity index (χ0) is 20.3. The average molecular weight is 408 g/mol. The summed E-state index contributed by atoms with van der Waals surface area (Å²) in [5.41, 5.74) is 12.2. The van der Waals surface area contributed by atoms with Crippen molar-refractivity contribution in [3.05, 3.63) is 42.7 Å². The third kappa shape index (κ3) is 4.87. The number of nitrogen functional groups attached to an aromatic ring is 1. The Morgan fingerprint density at radius 3 is 2.86 bits per heavy atom. The highest BCUT2D eigenvalue weighted by atomic mass is 31.2. The number of imidazole rings is 1. The molecule has 0 aliphatic rings. The number of ether oxygens (including phenoxy) is 1. The van der Waals surface area contributed by atoms with Gasteiger partial charge in [0.25, 0.3) is 5.91 Å². The van der Waals surface area contributed by atoms with Gasteiger partial charge in [0.1, 0.15) is 29.9 Å². The molecule has 0 aliphatic heterocycles. The van der Waals surface area contributed by atoms with Crippen LogP contribution in [0.5, 0.6) is 0 Å². The normalized spacial score (nSPS) is 12.9. The predicted molar refractivity (Wildman–Crippen MR) is 96.7 cm³/mol. The largest absolute Gasteiger partial charge is 0.382 e. The molecule has 3 aromatic rings. The van der Waals surface area contributed by atoms with Crippen LogP contribution in [0.2, 0.25) is 0 Å². The Labute approximate surface area is 159 Å². The van der Waals surface area contributed by atoms with Crippen molar-refractivity contribution >= 4 is 30.5 Å². The van der Waals surface area contributed by atoms with Crippen molar-refractivity contribution in [2.45, 2.75) is 19.2 Å². The number of rotatable bonds is 8. The third-order valence-corrected chi connectivity index (χ3v) is 4.35. The van der Waals surface area contributed by atoms with Gasteiger partial charge in [-0.2, -0.15) is 0 Å². The monoisotopic (exact) mass is 408 g/mol. The lowest BCUT2D eigenvalue weighted by molar-refractivity contribution is -0.704. The molecule has 3 rings (SSSR count). The van der Waals surface area contributed by atoms with E-state index in [4.69, 9.17) is 26.0 Å². The van der Waals surface area contributed by atoms with Crippen LogP contribution in [0.25, 0.3) is 11.2 Å². The first-order valence-corrected chi connectivity index (χ1v) is 9.89. The quantitative estimate of drug-likeness (QED) is 0.268. The van der Waals surface area contributed by atoms with Crippen molar-refractivity contribution < 1.29 is 28.5 Å². The van der Waals surface area contributed by atoms with Crippen molar-refractivity contribution in [3.63, 3.8) is 0 Å². The summed E-state index contributed by atoms with van der Waals surface area (Å²) in [6, 6.07) is 3.20. The number of fused-ring (bicyclic) bond motifs is 1. The van der Waals surface area contributed by atoms with Crippen molar-refractivity contribution in [3.8, 4) is 0 Å². The Bertz CT molecular complexity index is 1050. The van der Waals surface area contributed by atoms with Gasteiger partial charge in [-0.1, -0.05) is 0 Å². The number of amides is 1. The lowest BCUT2D eigenvalue weighted by atomic mass is 10.2. The number of carbonyl (C=O) groups excluding carboxylic acids is 1. The number of nitrogens with zero attached hydrogens (tertiary/aromatic N) is 5. The summed E-state index contributed by atoms with van der Waals surface area (Å²) in [6.45, 7) is 0.377. The molecule has 12 nitrogen and oxygen atoms in total. The van der Waals surface area contributed by atoms with E-state index < -0.39 is 26.0 Å². The molecule has 0 bridgehead atoms. The van der Waals surface area contributed by atoms with E-state index in [9.17, 15) is 9.36 Å². The SMILES string of the molecule is NC(=O)c1ccc[n+](C[C@@H](Cn2cnc3c(N)ncnc32)OCP(=O)(O)O)c1. The van der Waals surface area contributed by atoms with E-state index in [2.05, 4.69) is 15.0 Å². The molecule has 28 heavy (non-hydrogen) atoms. The van der Waals surface area contributed by atoms with Crippen LogP contribution in [0, 0.1) is 0 Å². The van der Waals surface area contributed by atoms with Gasteiger partial charge in [0.05, 0.1) is 12.9 Å². The molecule has 0 aromatic carbocycles. The summed E-state index contributed by atoms with van der Waals surface area (Å²) in [5.74, 6) is -0.366. The number of nitrogens with two attached hydrogens (primary N) is 2. The molecular formula is C15H19N7O5P+. The fourth-order valence-corrected chi connectivity index (χ4v) is 3.04. The first-order valence-electron chi connectivity index (χ1n) is 8.09. The minimum atomic E-state index is -4.37. The maximum absolute atomic E-state index is 11.4. The number of pyridine rings is 1. The Morgan fingerprint density at radius 1 is 1.36 bits per heavy atom.